The van der Waals surface area contributed by atoms with Crippen LogP contribution in [0.4, 0.5) is 0 Å². The monoisotopic (exact) mass is 308 g/mol. The number of aliphatic hydroxyl groups excluding tert-OH is 1. The van der Waals surface area contributed by atoms with Crippen molar-refractivity contribution in [1.29, 1.82) is 0 Å². The third-order valence-electron chi connectivity index (χ3n) is 1.70. The second-order valence-electron chi connectivity index (χ2n) is 2.70. The highest BCUT2D eigenvalue weighted by Gasteiger charge is 2.07. The fourth-order valence-corrected chi connectivity index (χ4v) is 1.66. The van der Waals surface area contributed by atoms with E-state index in [0.29, 0.717) is 13.0 Å². The van der Waals surface area contributed by atoms with Gasteiger partial charge < -0.3 is 14.6 Å². The molecular formula is C10H13IO3. The Morgan fingerprint density at radius 2 is 2.21 bits per heavy atom. The lowest BCUT2D eigenvalue weighted by Crippen LogP contribution is -2.02. The van der Waals surface area contributed by atoms with Crippen LogP contribution in [0.5, 0.6) is 11.5 Å². The SMILES string of the molecule is COc1cccc(I)c1OCCCO. The molecular weight excluding hydrogens is 295 g/mol. The van der Waals surface area contributed by atoms with Crippen LogP contribution in [0.1, 0.15) is 6.42 Å². The smallest absolute Gasteiger partial charge is 0.174 e. The van der Waals surface area contributed by atoms with Crippen LogP contribution < -0.4 is 9.47 Å². The number of hydrogen-bond donors (Lipinski definition) is 1. The van der Waals surface area contributed by atoms with E-state index in [-0.39, 0.29) is 6.61 Å². The van der Waals surface area contributed by atoms with Gasteiger partial charge in [0.25, 0.3) is 0 Å². The maximum atomic E-state index is 8.63. The van der Waals surface area contributed by atoms with E-state index in [4.69, 9.17) is 14.6 Å². The predicted octanol–water partition coefficient (Wildman–Crippen LogP) is 2.06. The number of para-hydroxylation sites is 1. The zero-order valence-corrected chi connectivity index (χ0v) is 10.2. The van der Waals surface area contributed by atoms with E-state index in [1.54, 1.807) is 7.11 Å². The summed E-state index contributed by atoms with van der Waals surface area (Å²) in [5.41, 5.74) is 0. The normalized spacial score (nSPS) is 9.93. The zero-order valence-electron chi connectivity index (χ0n) is 8.00. The highest BCUT2D eigenvalue weighted by atomic mass is 127. The summed E-state index contributed by atoms with van der Waals surface area (Å²) in [6, 6.07) is 5.73. The van der Waals surface area contributed by atoms with Crippen LogP contribution in [-0.4, -0.2) is 25.4 Å². The highest BCUT2D eigenvalue weighted by Crippen LogP contribution is 2.31. The topological polar surface area (TPSA) is 38.7 Å². The number of hydrogen-bond acceptors (Lipinski definition) is 3. The Labute approximate surface area is 97.2 Å². The first-order valence-corrected chi connectivity index (χ1v) is 5.43. The van der Waals surface area contributed by atoms with Crippen molar-refractivity contribution in [3.05, 3.63) is 21.8 Å². The molecule has 0 aliphatic carbocycles. The van der Waals surface area contributed by atoms with Gasteiger partial charge in [0.05, 0.1) is 17.3 Å². The van der Waals surface area contributed by atoms with Crippen LogP contribution in [0.25, 0.3) is 0 Å². The standard InChI is InChI=1S/C10H13IO3/c1-13-9-5-2-4-8(11)10(9)14-7-3-6-12/h2,4-5,12H,3,6-7H2,1H3. The molecule has 1 N–H and O–H groups in total. The van der Waals surface area contributed by atoms with Crippen molar-refractivity contribution in [2.75, 3.05) is 20.3 Å². The summed E-state index contributed by atoms with van der Waals surface area (Å²) in [7, 11) is 1.62. The summed E-state index contributed by atoms with van der Waals surface area (Å²) >= 11 is 2.19. The predicted molar refractivity (Wildman–Crippen MR) is 62.9 cm³/mol. The summed E-state index contributed by atoms with van der Waals surface area (Å²) in [6.45, 7) is 0.651. The Hall–Kier alpha value is -0.490. The molecule has 4 heteroatoms. The van der Waals surface area contributed by atoms with Crippen LogP contribution in [-0.2, 0) is 0 Å². The van der Waals surface area contributed by atoms with Crippen molar-refractivity contribution in [3.63, 3.8) is 0 Å². The van der Waals surface area contributed by atoms with Gasteiger partial charge in [-0.25, -0.2) is 0 Å². The third kappa shape index (κ3) is 3.02. The van der Waals surface area contributed by atoms with Gasteiger partial charge in [-0.1, -0.05) is 6.07 Å². The van der Waals surface area contributed by atoms with E-state index in [2.05, 4.69) is 22.6 Å². The third-order valence-corrected chi connectivity index (χ3v) is 2.55. The van der Waals surface area contributed by atoms with Crippen molar-refractivity contribution in [3.8, 4) is 11.5 Å². The summed E-state index contributed by atoms with van der Waals surface area (Å²) in [5, 5.41) is 8.63. The van der Waals surface area contributed by atoms with Gasteiger partial charge in [-0.3, -0.25) is 0 Å². The first kappa shape index (κ1) is 11.6. The van der Waals surface area contributed by atoms with Gasteiger partial charge in [0.1, 0.15) is 0 Å². The first-order chi connectivity index (χ1) is 6.79. The van der Waals surface area contributed by atoms with E-state index in [1.807, 2.05) is 18.2 Å². The molecule has 0 saturated carbocycles. The molecule has 0 atom stereocenters. The van der Waals surface area contributed by atoms with Crippen molar-refractivity contribution >= 4 is 22.6 Å². The molecule has 0 spiro atoms. The van der Waals surface area contributed by atoms with Gasteiger partial charge in [-0.2, -0.15) is 0 Å². The number of methoxy groups -OCH3 is 1. The molecule has 0 radical (unpaired) electrons. The van der Waals surface area contributed by atoms with Crippen LogP contribution in [0, 0.1) is 3.57 Å². The molecule has 0 amide bonds. The minimum Gasteiger partial charge on any atom is -0.493 e. The van der Waals surface area contributed by atoms with Gasteiger partial charge >= 0.3 is 0 Å². The average Bonchev–Trinajstić information content (AvgIpc) is 2.20. The number of rotatable bonds is 5. The lowest BCUT2D eigenvalue weighted by molar-refractivity contribution is 0.227. The number of halogens is 1. The quantitative estimate of drug-likeness (QED) is 0.668. The van der Waals surface area contributed by atoms with Gasteiger partial charge in [0.15, 0.2) is 11.5 Å². The molecule has 1 rings (SSSR count). The maximum absolute atomic E-state index is 8.63. The van der Waals surface area contributed by atoms with Crippen LogP contribution in [0.2, 0.25) is 0 Å². The lowest BCUT2D eigenvalue weighted by atomic mass is 10.3. The van der Waals surface area contributed by atoms with Gasteiger partial charge in [-0.05, 0) is 34.7 Å². The van der Waals surface area contributed by atoms with E-state index in [1.165, 1.54) is 0 Å². The molecule has 0 aliphatic rings. The Bertz CT molecular complexity index is 289. The molecule has 0 bridgehead atoms. The Balaban J connectivity index is 2.72. The largest absolute Gasteiger partial charge is 0.493 e. The second kappa shape index (κ2) is 6.08. The highest BCUT2D eigenvalue weighted by molar-refractivity contribution is 14.1. The van der Waals surface area contributed by atoms with Crippen molar-refractivity contribution in [2.24, 2.45) is 0 Å². The molecule has 0 heterocycles. The van der Waals surface area contributed by atoms with Crippen LogP contribution in [0.15, 0.2) is 18.2 Å². The molecule has 0 saturated heterocycles. The number of benzene rings is 1. The maximum Gasteiger partial charge on any atom is 0.174 e. The average molecular weight is 308 g/mol. The Morgan fingerprint density at radius 1 is 1.43 bits per heavy atom. The Kier molecular flexibility index (Phi) is 5.03. The fourth-order valence-electron chi connectivity index (χ4n) is 1.03. The number of ether oxygens (including phenoxy) is 2. The van der Waals surface area contributed by atoms with Crippen LogP contribution in [0.3, 0.4) is 0 Å². The zero-order chi connectivity index (χ0) is 10.4. The molecule has 78 valence electrons. The summed E-state index contributed by atoms with van der Waals surface area (Å²) in [5.74, 6) is 1.49. The minimum atomic E-state index is 0.145. The minimum absolute atomic E-state index is 0.145. The van der Waals surface area contributed by atoms with Gasteiger partial charge in [-0.15, -0.1) is 0 Å². The molecule has 0 fully saturated rings. The summed E-state index contributed by atoms with van der Waals surface area (Å²) in [4.78, 5) is 0. The summed E-state index contributed by atoms with van der Waals surface area (Å²) in [6.07, 6.45) is 0.633. The van der Waals surface area contributed by atoms with Gasteiger partial charge in [0.2, 0.25) is 0 Å². The molecule has 0 unspecified atom stereocenters. The molecule has 0 aromatic heterocycles. The van der Waals surface area contributed by atoms with E-state index >= 15 is 0 Å². The first-order valence-electron chi connectivity index (χ1n) is 4.35. The molecule has 1 aromatic carbocycles. The number of aliphatic hydroxyl groups is 1. The van der Waals surface area contributed by atoms with Gasteiger partial charge in [0, 0.05) is 13.0 Å². The molecule has 3 nitrogen and oxygen atoms in total. The van der Waals surface area contributed by atoms with E-state index < -0.39 is 0 Å². The second-order valence-corrected chi connectivity index (χ2v) is 3.86. The van der Waals surface area contributed by atoms with Crippen LogP contribution >= 0.6 is 22.6 Å². The van der Waals surface area contributed by atoms with E-state index in [0.717, 1.165) is 15.1 Å². The molecule has 14 heavy (non-hydrogen) atoms. The molecule has 1 aromatic rings. The van der Waals surface area contributed by atoms with Crippen molar-refractivity contribution in [1.82, 2.24) is 0 Å². The van der Waals surface area contributed by atoms with Crippen molar-refractivity contribution in [2.45, 2.75) is 6.42 Å². The Morgan fingerprint density at radius 3 is 2.86 bits per heavy atom. The van der Waals surface area contributed by atoms with Crippen molar-refractivity contribution < 1.29 is 14.6 Å². The fraction of sp³-hybridized carbons (Fsp3) is 0.400. The van der Waals surface area contributed by atoms with E-state index in [9.17, 15) is 0 Å². The molecule has 0 aliphatic heterocycles. The lowest BCUT2D eigenvalue weighted by Gasteiger charge is -2.11. The summed E-state index contributed by atoms with van der Waals surface area (Å²) < 4.78 is 11.7.